The summed E-state index contributed by atoms with van der Waals surface area (Å²) in [5.41, 5.74) is -0.589. The molecule has 66 valence electrons. The second kappa shape index (κ2) is 3.28. The molecule has 1 N–H and O–H groups in total. The van der Waals surface area contributed by atoms with E-state index in [-0.39, 0.29) is 5.15 Å². The van der Waals surface area contributed by atoms with Crippen LogP contribution < -0.4 is 0 Å². The minimum Gasteiger partial charge on any atom is -0.390 e. The van der Waals surface area contributed by atoms with E-state index in [1.165, 1.54) is 0 Å². The number of aliphatic hydroxyl groups excluding tert-OH is 1. The van der Waals surface area contributed by atoms with Gasteiger partial charge in [0.25, 0.3) is 0 Å². The van der Waals surface area contributed by atoms with Crippen LogP contribution in [0.15, 0.2) is 12.4 Å². The molecule has 0 aliphatic heterocycles. The van der Waals surface area contributed by atoms with Crippen molar-refractivity contribution in [2.24, 2.45) is 0 Å². The molecule has 3 nitrogen and oxygen atoms in total. The fraction of sp³-hybridized carbons (Fsp3) is 0.333. The van der Waals surface area contributed by atoms with E-state index in [0.29, 0.717) is 0 Å². The molecule has 0 aliphatic rings. The van der Waals surface area contributed by atoms with Gasteiger partial charge in [-0.05, 0) is 0 Å². The zero-order valence-corrected chi connectivity index (χ0v) is 6.59. The Labute approximate surface area is 72.0 Å². The largest absolute Gasteiger partial charge is 0.390 e. The first-order valence-corrected chi connectivity index (χ1v) is 3.41. The molecule has 0 amide bonds. The molecule has 1 rings (SSSR count). The second-order valence-electron chi connectivity index (χ2n) is 2.09. The Morgan fingerprint density at radius 1 is 1.42 bits per heavy atom. The molecule has 1 aromatic heterocycles. The minimum absolute atomic E-state index is 0.0347. The topological polar surface area (TPSA) is 46.0 Å². The van der Waals surface area contributed by atoms with Gasteiger partial charge in [-0.2, -0.15) is 8.78 Å². The van der Waals surface area contributed by atoms with E-state index < -0.39 is 18.2 Å². The summed E-state index contributed by atoms with van der Waals surface area (Å²) in [7, 11) is 0. The van der Waals surface area contributed by atoms with Crippen LogP contribution in [-0.2, 0) is 5.92 Å². The molecule has 0 aliphatic carbocycles. The highest BCUT2D eigenvalue weighted by molar-refractivity contribution is 6.29. The second-order valence-corrected chi connectivity index (χ2v) is 2.47. The van der Waals surface area contributed by atoms with Gasteiger partial charge in [0.15, 0.2) is 0 Å². The van der Waals surface area contributed by atoms with E-state index in [1.807, 2.05) is 0 Å². The Kier molecular flexibility index (Phi) is 2.54. The first-order valence-electron chi connectivity index (χ1n) is 3.03. The Bertz CT molecular complexity index is 265. The summed E-state index contributed by atoms with van der Waals surface area (Å²) < 4.78 is 25.2. The van der Waals surface area contributed by atoms with Crippen molar-refractivity contribution < 1.29 is 13.9 Å². The molecule has 1 aromatic rings. The lowest BCUT2D eigenvalue weighted by atomic mass is 10.3. The van der Waals surface area contributed by atoms with Crippen LogP contribution in [0.2, 0.25) is 5.15 Å². The molecular formula is C6H5ClF2N2O. The summed E-state index contributed by atoms with van der Waals surface area (Å²) in [5, 5.41) is 8.30. The van der Waals surface area contributed by atoms with Gasteiger partial charge in [0, 0.05) is 0 Å². The van der Waals surface area contributed by atoms with E-state index in [4.69, 9.17) is 16.7 Å². The molecule has 0 unspecified atom stereocenters. The maximum Gasteiger partial charge on any atom is 0.313 e. The van der Waals surface area contributed by atoms with Gasteiger partial charge in [-0.25, -0.2) is 4.98 Å². The number of rotatable bonds is 2. The van der Waals surface area contributed by atoms with Crippen LogP contribution in [0.3, 0.4) is 0 Å². The molecule has 0 saturated heterocycles. The maximum atomic E-state index is 12.6. The van der Waals surface area contributed by atoms with Gasteiger partial charge in [0.2, 0.25) is 0 Å². The van der Waals surface area contributed by atoms with Gasteiger partial charge >= 0.3 is 5.92 Å². The highest BCUT2D eigenvalue weighted by atomic mass is 35.5. The summed E-state index contributed by atoms with van der Waals surface area (Å²) in [6.45, 7) is -1.29. The first-order chi connectivity index (χ1) is 5.56. The zero-order chi connectivity index (χ0) is 9.19. The van der Waals surface area contributed by atoms with Gasteiger partial charge in [-0.1, -0.05) is 11.6 Å². The summed E-state index contributed by atoms with van der Waals surface area (Å²) in [5.74, 6) is -3.35. The first kappa shape index (κ1) is 9.28. The third-order valence-corrected chi connectivity index (χ3v) is 1.39. The molecule has 0 saturated carbocycles. The third-order valence-electron chi connectivity index (χ3n) is 1.19. The van der Waals surface area contributed by atoms with Gasteiger partial charge in [-0.15, -0.1) is 0 Å². The lowest BCUT2D eigenvalue weighted by Gasteiger charge is -2.10. The number of hydrogen-bond acceptors (Lipinski definition) is 3. The van der Waals surface area contributed by atoms with Crippen molar-refractivity contribution in [2.45, 2.75) is 5.92 Å². The predicted molar refractivity (Wildman–Crippen MR) is 38.0 cm³/mol. The van der Waals surface area contributed by atoms with Crippen molar-refractivity contribution in [2.75, 3.05) is 6.61 Å². The fourth-order valence-corrected chi connectivity index (χ4v) is 0.680. The van der Waals surface area contributed by atoms with E-state index >= 15 is 0 Å². The Morgan fingerprint density at radius 2 is 2.08 bits per heavy atom. The van der Waals surface area contributed by atoms with Crippen LogP contribution in [0.1, 0.15) is 5.69 Å². The van der Waals surface area contributed by atoms with Crippen molar-refractivity contribution in [1.82, 2.24) is 9.97 Å². The summed E-state index contributed by atoms with van der Waals surface area (Å²) in [6.07, 6.45) is 1.83. The van der Waals surface area contributed by atoms with Crippen LogP contribution in [0.25, 0.3) is 0 Å². The average molecular weight is 195 g/mol. The molecule has 0 bridgehead atoms. The Morgan fingerprint density at radius 3 is 2.50 bits per heavy atom. The number of halogens is 3. The normalized spacial score (nSPS) is 11.7. The highest BCUT2D eigenvalue weighted by Crippen LogP contribution is 2.24. The van der Waals surface area contributed by atoms with E-state index in [9.17, 15) is 8.78 Å². The van der Waals surface area contributed by atoms with E-state index in [1.54, 1.807) is 0 Å². The molecule has 6 heteroatoms. The highest BCUT2D eigenvalue weighted by Gasteiger charge is 2.32. The van der Waals surface area contributed by atoms with Gasteiger partial charge < -0.3 is 5.11 Å². The maximum absolute atomic E-state index is 12.6. The van der Waals surface area contributed by atoms with Crippen LogP contribution in [0, 0.1) is 0 Å². The summed E-state index contributed by atoms with van der Waals surface area (Å²) >= 11 is 5.32. The molecule has 0 radical (unpaired) electrons. The van der Waals surface area contributed by atoms with Gasteiger partial charge in [0.05, 0.1) is 12.4 Å². The Balaban J connectivity index is 2.96. The average Bonchev–Trinajstić information content (AvgIpc) is 2.05. The van der Waals surface area contributed by atoms with Gasteiger partial charge in [0.1, 0.15) is 17.5 Å². The SMILES string of the molecule is OCC(F)(F)c1cnc(Cl)cn1. The van der Waals surface area contributed by atoms with Crippen LogP contribution >= 0.6 is 11.6 Å². The molecule has 1 heterocycles. The smallest absolute Gasteiger partial charge is 0.313 e. The number of hydrogen-bond donors (Lipinski definition) is 1. The quantitative estimate of drug-likeness (QED) is 0.770. The standard InChI is InChI=1S/C6H5ClF2N2O/c7-5-2-10-4(1-11-5)6(8,9)3-12/h1-2,12H,3H2. The molecule has 0 spiro atoms. The van der Waals surface area contributed by atoms with Crippen LogP contribution in [0.5, 0.6) is 0 Å². The predicted octanol–water partition coefficient (Wildman–Crippen LogP) is 1.21. The van der Waals surface area contributed by atoms with Crippen LogP contribution in [0.4, 0.5) is 8.78 Å². The number of nitrogens with zero attached hydrogens (tertiary/aromatic N) is 2. The summed E-state index contributed by atoms with van der Waals surface area (Å²) in [4.78, 5) is 6.72. The third kappa shape index (κ3) is 1.86. The monoisotopic (exact) mass is 194 g/mol. The lowest BCUT2D eigenvalue weighted by molar-refractivity contribution is -0.0595. The summed E-state index contributed by atoms with van der Waals surface area (Å²) in [6, 6.07) is 0. The zero-order valence-electron chi connectivity index (χ0n) is 5.84. The minimum atomic E-state index is -3.35. The van der Waals surface area contributed by atoms with Gasteiger partial charge in [-0.3, -0.25) is 4.98 Å². The molecule has 0 atom stereocenters. The number of aliphatic hydroxyl groups is 1. The van der Waals surface area contributed by atoms with Crippen molar-refractivity contribution in [3.63, 3.8) is 0 Å². The van der Waals surface area contributed by atoms with Crippen molar-refractivity contribution >= 4 is 11.6 Å². The van der Waals surface area contributed by atoms with E-state index in [2.05, 4.69) is 9.97 Å². The lowest BCUT2D eigenvalue weighted by Crippen LogP contribution is -2.20. The van der Waals surface area contributed by atoms with Crippen molar-refractivity contribution in [3.8, 4) is 0 Å². The Hall–Kier alpha value is -0.810. The molecule has 0 aromatic carbocycles. The molecule has 12 heavy (non-hydrogen) atoms. The van der Waals surface area contributed by atoms with Crippen molar-refractivity contribution in [3.05, 3.63) is 23.2 Å². The fourth-order valence-electron chi connectivity index (χ4n) is 0.582. The number of aromatic nitrogens is 2. The molecule has 0 fully saturated rings. The van der Waals surface area contributed by atoms with E-state index in [0.717, 1.165) is 12.4 Å². The van der Waals surface area contributed by atoms with Crippen molar-refractivity contribution in [1.29, 1.82) is 0 Å². The van der Waals surface area contributed by atoms with Crippen LogP contribution in [-0.4, -0.2) is 21.7 Å². The number of alkyl halides is 2. The molecular weight excluding hydrogens is 190 g/mol.